The Morgan fingerprint density at radius 3 is 2.42 bits per heavy atom. The maximum atomic E-state index is 9.69. The molecule has 1 aromatic carbocycles. The number of nitriles is 1. The van der Waals surface area contributed by atoms with E-state index in [1.807, 2.05) is 32.2 Å². The normalized spacial score (nSPS) is 22.4. The van der Waals surface area contributed by atoms with Crippen LogP contribution in [0.3, 0.4) is 0 Å². The Bertz CT molecular complexity index is 1690. The van der Waals surface area contributed by atoms with Crippen molar-refractivity contribution < 1.29 is 18.9 Å². The van der Waals surface area contributed by atoms with Crippen LogP contribution in [-0.2, 0) is 16.0 Å². The van der Waals surface area contributed by atoms with Crippen molar-refractivity contribution in [2.24, 2.45) is 0 Å². The van der Waals surface area contributed by atoms with Crippen molar-refractivity contribution in [2.75, 3.05) is 32.1 Å². The number of nitrogens with one attached hydrogen (secondary N) is 1. The lowest BCUT2D eigenvalue weighted by atomic mass is 9.89. The molecule has 2 unspecified atom stereocenters. The summed E-state index contributed by atoms with van der Waals surface area (Å²) in [5.74, 6) is 1.43. The molecule has 4 heterocycles. The zero-order valence-electron chi connectivity index (χ0n) is 29.6. The standard InChI is InChI=1S/C36H48N10O4/c1-24(12-13-47-5)50-35-33(21-46(43-35)32-10-8-31(9-11-32)44-18-25(2)48-26(3)19-44)42-36-39-16-30(17-40-36)28-6-7-29(15-37)34(14-28)49-27(4)20-45-23-38-22-41-45/h6-7,14,16-17,21-27,31-32H,8-13,18-20H2,1-5H3,(H,39,40,42)/t24?,25-,26+,27?,31?,32?. The molecular weight excluding hydrogens is 636 g/mol. The minimum absolute atomic E-state index is 0.0880. The van der Waals surface area contributed by atoms with Crippen LogP contribution >= 0.6 is 0 Å². The molecule has 14 nitrogen and oxygen atoms in total. The first-order valence-electron chi connectivity index (χ1n) is 17.5. The predicted molar refractivity (Wildman–Crippen MR) is 187 cm³/mol. The molecule has 0 radical (unpaired) electrons. The average Bonchev–Trinajstić information content (AvgIpc) is 3.77. The molecule has 0 bridgehead atoms. The van der Waals surface area contributed by atoms with Crippen LogP contribution in [0.5, 0.6) is 11.6 Å². The number of morpholine rings is 1. The van der Waals surface area contributed by atoms with E-state index >= 15 is 0 Å². The zero-order valence-corrected chi connectivity index (χ0v) is 29.6. The van der Waals surface area contributed by atoms with Crippen molar-refractivity contribution in [2.45, 2.75) is 103 Å². The molecule has 0 spiro atoms. The third-order valence-electron chi connectivity index (χ3n) is 9.32. The van der Waals surface area contributed by atoms with E-state index in [1.165, 1.54) is 6.33 Å². The van der Waals surface area contributed by atoms with Crippen LogP contribution in [-0.4, -0.2) is 96.7 Å². The van der Waals surface area contributed by atoms with Crippen LogP contribution in [0.4, 0.5) is 11.6 Å². The number of hydrogen-bond donors (Lipinski definition) is 1. The van der Waals surface area contributed by atoms with Gasteiger partial charge in [-0.2, -0.15) is 10.4 Å². The fourth-order valence-electron chi connectivity index (χ4n) is 6.87. The van der Waals surface area contributed by atoms with Crippen molar-refractivity contribution in [1.29, 1.82) is 5.26 Å². The zero-order chi connectivity index (χ0) is 35.0. The van der Waals surface area contributed by atoms with Crippen LogP contribution in [0.2, 0.25) is 0 Å². The quantitative estimate of drug-likeness (QED) is 0.181. The van der Waals surface area contributed by atoms with E-state index in [2.05, 4.69) is 54.9 Å². The molecule has 1 saturated heterocycles. The summed E-state index contributed by atoms with van der Waals surface area (Å²) in [6.07, 6.45) is 13.9. The van der Waals surface area contributed by atoms with E-state index in [4.69, 9.17) is 24.0 Å². The molecule has 266 valence electrons. The summed E-state index contributed by atoms with van der Waals surface area (Å²) >= 11 is 0. The van der Waals surface area contributed by atoms with Crippen molar-refractivity contribution in [3.63, 3.8) is 0 Å². The smallest absolute Gasteiger partial charge is 0.257 e. The van der Waals surface area contributed by atoms with Crippen LogP contribution < -0.4 is 14.8 Å². The van der Waals surface area contributed by atoms with Gasteiger partial charge in [-0.1, -0.05) is 6.07 Å². The third-order valence-corrected chi connectivity index (χ3v) is 9.32. The highest BCUT2D eigenvalue weighted by Gasteiger charge is 2.32. The largest absolute Gasteiger partial charge is 0.487 e. The van der Waals surface area contributed by atoms with Crippen LogP contribution in [0, 0.1) is 11.3 Å². The van der Waals surface area contributed by atoms with E-state index in [1.54, 1.807) is 36.6 Å². The summed E-state index contributed by atoms with van der Waals surface area (Å²) in [4.78, 5) is 15.8. The summed E-state index contributed by atoms with van der Waals surface area (Å²) in [5, 5.41) is 22.1. The highest BCUT2D eigenvalue weighted by Crippen LogP contribution is 2.36. The van der Waals surface area contributed by atoms with Crippen molar-refractivity contribution in [3.8, 4) is 28.8 Å². The van der Waals surface area contributed by atoms with E-state index in [9.17, 15) is 5.26 Å². The Labute approximate surface area is 293 Å². The van der Waals surface area contributed by atoms with Crippen LogP contribution in [0.1, 0.15) is 71.4 Å². The monoisotopic (exact) mass is 684 g/mol. The molecule has 1 aliphatic heterocycles. The predicted octanol–water partition coefficient (Wildman–Crippen LogP) is 5.41. The van der Waals surface area contributed by atoms with Gasteiger partial charge < -0.3 is 24.3 Å². The van der Waals surface area contributed by atoms with Gasteiger partial charge in [-0.25, -0.2) is 19.6 Å². The molecule has 6 rings (SSSR count). The molecular formula is C36H48N10O4. The van der Waals surface area contributed by atoms with Crippen molar-refractivity contribution in [1.82, 2.24) is 39.4 Å². The minimum atomic E-state index is -0.233. The number of rotatable bonds is 14. The van der Waals surface area contributed by atoms with E-state index < -0.39 is 0 Å². The first kappa shape index (κ1) is 35.3. The number of nitrogens with zero attached hydrogens (tertiary/aromatic N) is 9. The highest BCUT2D eigenvalue weighted by molar-refractivity contribution is 5.67. The lowest BCUT2D eigenvalue weighted by molar-refractivity contribution is -0.0852. The van der Waals surface area contributed by atoms with Gasteiger partial charge in [0.05, 0.1) is 42.7 Å². The highest BCUT2D eigenvalue weighted by atomic mass is 16.5. The van der Waals surface area contributed by atoms with Gasteiger partial charge in [-0.05, 0) is 71.1 Å². The number of benzene rings is 1. The van der Waals surface area contributed by atoms with Gasteiger partial charge in [-0.15, -0.1) is 5.10 Å². The van der Waals surface area contributed by atoms with E-state index in [0.29, 0.717) is 42.3 Å². The molecule has 1 N–H and O–H groups in total. The molecule has 2 fully saturated rings. The molecule has 14 heteroatoms. The van der Waals surface area contributed by atoms with Crippen molar-refractivity contribution in [3.05, 3.63) is 55.0 Å². The van der Waals surface area contributed by atoms with E-state index in [-0.39, 0.29) is 30.5 Å². The lowest BCUT2D eigenvalue weighted by Crippen LogP contribution is -2.51. The molecule has 4 aromatic rings. The number of ether oxygens (including phenoxy) is 4. The van der Waals surface area contributed by atoms with Crippen LogP contribution in [0.25, 0.3) is 11.1 Å². The third kappa shape index (κ3) is 8.95. The number of aromatic nitrogens is 7. The summed E-state index contributed by atoms with van der Waals surface area (Å²) in [7, 11) is 1.69. The maximum Gasteiger partial charge on any atom is 0.257 e. The molecule has 2 aliphatic rings. The first-order chi connectivity index (χ1) is 24.3. The number of anilines is 2. The Hall–Kier alpha value is -4.58. The number of hydrogen-bond acceptors (Lipinski definition) is 12. The van der Waals surface area contributed by atoms with Gasteiger partial charge in [-0.3, -0.25) is 9.58 Å². The molecule has 4 atom stereocenters. The Morgan fingerprint density at radius 1 is 1.00 bits per heavy atom. The van der Waals surface area contributed by atoms with Gasteiger partial charge >= 0.3 is 0 Å². The van der Waals surface area contributed by atoms with Gasteiger partial charge in [0.1, 0.15) is 36.3 Å². The molecule has 50 heavy (non-hydrogen) atoms. The summed E-state index contributed by atoms with van der Waals surface area (Å²) in [6.45, 7) is 11.4. The average molecular weight is 685 g/mol. The molecule has 1 aliphatic carbocycles. The lowest BCUT2D eigenvalue weighted by Gasteiger charge is -2.42. The number of methoxy groups -OCH3 is 1. The summed E-state index contributed by atoms with van der Waals surface area (Å²) < 4.78 is 27.5. The maximum absolute atomic E-state index is 9.69. The second-order valence-corrected chi connectivity index (χ2v) is 13.5. The van der Waals surface area contributed by atoms with Gasteiger partial charge in [0, 0.05) is 57.2 Å². The SMILES string of the molecule is COCCC(C)Oc1nn(C2CCC(N3C[C@@H](C)O[C@@H](C)C3)CC2)cc1Nc1ncc(-c2ccc(C#N)c(OC(C)Cn3cncn3)c2)cn1. The summed E-state index contributed by atoms with van der Waals surface area (Å²) in [6, 6.07) is 8.53. The van der Waals surface area contributed by atoms with Crippen molar-refractivity contribution >= 4 is 11.6 Å². The van der Waals surface area contributed by atoms with Gasteiger partial charge in [0.25, 0.3) is 5.88 Å². The van der Waals surface area contributed by atoms with Gasteiger partial charge in [0.15, 0.2) is 0 Å². The summed E-state index contributed by atoms with van der Waals surface area (Å²) in [5.41, 5.74) is 2.78. The topological polar surface area (TPSA) is 150 Å². The van der Waals surface area contributed by atoms with Crippen LogP contribution in [0.15, 0.2) is 49.4 Å². The Morgan fingerprint density at radius 2 is 1.74 bits per heavy atom. The second-order valence-electron chi connectivity index (χ2n) is 13.5. The van der Waals surface area contributed by atoms with Gasteiger partial charge in [0.2, 0.25) is 5.95 Å². The Kier molecular flexibility index (Phi) is 11.6. The second kappa shape index (κ2) is 16.4. The van der Waals surface area contributed by atoms with E-state index in [0.717, 1.165) is 62.0 Å². The molecule has 3 aromatic heterocycles. The first-order valence-corrected chi connectivity index (χ1v) is 17.5. The molecule has 1 saturated carbocycles. The fraction of sp³-hybridized carbons (Fsp3) is 0.556. The minimum Gasteiger partial charge on any atom is -0.487 e. The Balaban J connectivity index is 1.14. The fourth-order valence-corrected chi connectivity index (χ4v) is 6.87. The molecule has 0 amide bonds.